The average molecular weight is 303 g/mol. The van der Waals surface area contributed by atoms with Crippen LogP contribution in [-0.4, -0.2) is 32.7 Å². The van der Waals surface area contributed by atoms with Gasteiger partial charge in [0, 0.05) is 18.1 Å². The van der Waals surface area contributed by atoms with Crippen molar-refractivity contribution >= 4 is 29.5 Å². The molecule has 7 heteroatoms. The van der Waals surface area contributed by atoms with Crippen molar-refractivity contribution in [2.75, 3.05) is 11.1 Å². The largest absolute Gasteiger partial charge is 0.476 e. The molecule has 0 saturated heterocycles. The van der Waals surface area contributed by atoms with Crippen LogP contribution in [-0.2, 0) is 10.5 Å². The lowest BCUT2D eigenvalue weighted by Gasteiger charge is -2.06. The third kappa shape index (κ3) is 4.57. The van der Waals surface area contributed by atoms with Crippen molar-refractivity contribution in [3.05, 3.63) is 54.0 Å². The number of anilines is 1. The Morgan fingerprint density at radius 1 is 1.14 bits per heavy atom. The molecule has 0 unspecified atom stereocenters. The number of carbonyl (C=O) groups is 2. The van der Waals surface area contributed by atoms with Crippen LogP contribution in [0.3, 0.4) is 0 Å². The smallest absolute Gasteiger partial charge is 0.358 e. The maximum Gasteiger partial charge on any atom is 0.358 e. The van der Waals surface area contributed by atoms with Gasteiger partial charge in [0.1, 0.15) is 0 Å². The molecule has 0 bridgehead atoms. The molecule has 0 radical (unpaired) electrons. The highest BCUT2D eigenvalue weighted by molar-refractivity contribution is 7.99. The first-order valence-electron chi connectivity index (χ1n) is 6.12. The fourth-order valence-electron chi connectivity index (χ4n) is 1.59. The van der Waals surface area contributed by atoms with E-state index in [4.69, 9.17) is 5.11 Å². The van der Waals surface area contributed by atoms with Crippen LogP contribution in [0.1, 0.15) is 16.1 Å². The van der Waals surface area contributed by atoms with Gasteiger partial charge in [-0.05, 0) is 5.56 Å². The zero-order chi connectivity index (χ0) is 15.1. The van der Waals surface area contributed by atoms with E-state index in [0.717, 1.165) is 5.56 Å². The third-order valence-electron chi connectivity index (χ3n) is 2.50. The Labute approximate surface area is 125 Å². The van der Waals surface area contributed by atoms with Crippen LogP contribution in [0.5, 0.6) is 0 Å². The van der Waals surface area contributed by atoms with Crippen LogP contribution in [0.2, 0.25) is 0 Å². The van der Waals surface area contributed by atoms with Gasteiger partial charge in [-0.1, -0.05) is 30.3 Å². The highest BCUT2D eigenvalue weighted by Crippen LogP contribution is 2.13. The van der Waals surface area contributed by atoms with Crippen molar-refractivity contribution in [3.63, 3.8) is 0 Å². The molecule has 2 aromatic rings. The molecular weight excluding hydrogens is 290 g/mol. The molecule has 1 aromatic heterocycles. The highest BCUT2D eigenvalue weighted by Gasteiger charge is 2.14. The first-order chi connectivity index (χ1) is 10.2. The second-order valence-electron chi connectivity index (χ2n) is 4.09. The first kappa shape index (κ1) is 15.0. The topological polar surface area (TPSA) is 92.2 Å². The molecule has 0 saturated carbocycles. The van der Waals surface area contributed by atoms with E-state index in [-0.39, 0.29) is 23.2 Å². The summed E-state index contributed by atoms with van der Waals surface area (Å²) in [5.74, 6) is -0.644. The summed E-state index contributed by atoms with van der Waals surface area (Å²) in [7, 11) is 0. The summed E-state index contributed by atoms with van der Waals surface area (Å²) in [4.78, 5) is 30.2. The minimum Gasteiger partial charge on any atom is -0.476 e. The van der Waals surface area contributed by atoms with Gasteiger partial charge in [0.2, 0.25) is 5.91 Å². The van der Waals surface area contributed by atoms with Gasteiger partial charge in [-0.25, -0.2) is 14.8 Å². The van der Waals surface area contributed by atoms with Crippen molar-refractivity contribution in [3.8, 4) is 0 Å². The Morgan fingerprint density at radius 3 is 2.57 bits per heavy atom. The van der Waals surface area contributed by atoms with Gasteiger partial charge in [0.25, 0.3) is 0 Å². The molecule has 6 nitrogen and oxygen atoms in total. The maximum absolute atomic E-state index is 11.8. The van der Waals surface area contributed by atoms with E-state index in [1.54, 1.807) is 0 Å². The number of aromatic nitrogens is 2. The zero-order valence-corrected chi connectivity index (χ0v) is 11.8. The molecule has 1 aromatic carbocycles. The molecular formula is C14H13N3O3S. The van der Waals surface area contributed by atoms with E-state index in [2.05, 4.69) is 15.3 Å². The van der Waals surface area contributed by atoms with E-state index in [0.29, 0.717) is 5.75 Å². The standard InChI is InChI=1S/C14H13N3O3S/c18-11(9-21-8-10-4-2-1-3-5-10)17-13-12(14(19)20)15-6-7-16-13/h1-7H,8-9H2,(H,19,20)(H,16,17,18). The minimum absolute atomic E-state index is 0.0321. The molecule has 0 aliphatic rings. The molecule has 1 amide bonds. The Kier molecular flexibility index (Phi) is 5.28. The van der Waals surface area contributed by atoms with Gasteiger partial charge in [-0.3, -0.25) is 4.79 Å². The molecule has 0 fully saturated rings. The summed E-state index contributed by atoms with van der Waals surface area (Å²) in [6.45, 7) is 0. The second kappa shape index (κ2) is 7.39. The number of amides is 1. The van der Waals surface area contributed by atoms with Crippen LogP contribution in [0.25, 0.3) is 0 Å². The number of hydrogen-bond donors (Lipinski definition) is 2. The van der Waals surface area contributed by atoms with E-state index in [1.807, 2.05) is 30.3 Å². The lowest BCUT2D eigenvalue weighted by molar-refractivity contribution is -0.113. The SMILES string of the molecule is O=C(CSCc1ccccc1)Nc1nccnc1C(=O)O. The van der Waals surface area contributed by atoms with Gasteiger partial charge < -0.3 is 10.4 Å². The normalized spacial score (nSPS) is 10.1. The number of rotatable bonds is 6. The number of carboxylic acid groups (broad SMARTS) is 1. The second-order valence-corrected chi connectivity index (χ2v) is 5.07. The Morgan fingerprint density at radius 2 is 1.86 bits per heavy atom. The summed E-state index contributed by atoms with van der Waals surface area (Å²) in [6.07, 6.45) is 2.60. The van der Waals surface area contributed by atoms with Crippen molar-refractivity contribution in [1.82, 2.24) is 9.97 Å². The Hall–Kier alpha value is -2.41. The number of carbonyl (C=O) groups excluding carboxylic acids is 1. The van der Waals surface area contributed by atoms with Crippen LogP contribution in [0.4, 0.5) is 5.82 Å². The number of aromatic carboxylic acids is 1. The molecule has 0 spiro atoms. The number of hydrogen-bond acceptors (Lipinski definition) is 5. The summed E-state index contributed by atoms with van der Waals surface area (Å²) in [6, 6.07) is 9.78. The molecule has 21 heavy (non-hydrogen) atoms. The van der Waals surface area contributed by atoms with Gasteiger partial charge in [-0.2, -0.15) is 0 Å². The fraction of sp³-hybridized carbons (Fsp3) is 0.143. The molecule has 0 atom stereocenters. The minimum atomic E-state index is -1.23. The maximum atomic E-state index is 11.8. The summed E-state index contributed by atoms with van der Waals surface area (Å²) in [5, 5.41) is 11.4. The predicted octanol–water partition coefficient (Wildman–Crippen LogP) is 2.05. The fourth-order valence-corrected chi connectivity index (χ4v) is 2.38. The van der Waals surface area contributed by atoms with Crippen LogP contribution >= 0.6 is 11.8 Å². The molecule has 2 rings (SSSR count). The van der Waals surface area contributed by atoms with Crippen LogP contribution in [0, 0.1) is 0 Å². The van der Waals surface area contributed by atoms with Gasteiger partial charge in [0.05, 0.1) is 5.75 Å². The van der Waals surface area contributed by atoms with Crippen molar-refractivity contribution in [2.24, 2.45) is 0 Å². The summed E-state index contributed by atoms with van der Waals surface area (Å²) in [5.41, 5.74) is 0.861. The predicted molar refractivity (Wildman–Crippen MR) is 80.2 cm³/mol. The Balaban J connectivity index is 1.86. The van der Waals surface area contributed by atoms with E-state index >= 15 is 0 Å². The number of thioether (sulfide) groups is 1. The van der Waals surface area contributed by atoms with Gasteiger partial charge >= 0.3 is 5.97 Å². The van der Waals surface area contributed by atoms with Crippen LogP contribution < -0.4 is 5.32 Å². The lowest BCUT2D eigenvalue weighted by atomic mass is 10.2. The quantitative estimate of drug-likeness (QED) is 0.848. The third-order valence-corrected chi connectivity index (χ3v) is 3.51. The molecule has 1 heterocycles. The number of carboxylic acids is 1. The summed E-state index contributed by atoms with van der Waals surface area (Å²) >= 11 is 1.44. The van der Waals surface area contributed by atoms with Crippen molar-refractivity contribution < 1.29 is 14.7 Å². The monoisotopic (exact) mass is 303 g/mol. The number of nitrogens with zero attached hydrogens (tertiary/aromatic N) is 2. The lowest BCUT2D eigenvalue weighted by Crippen LogP contribution is -2.18. The number of benzene rings is 1. The highest BCUT2D eigenvalue weighted by atomic mass is 32.2. The van der Waals surface area contributed by atoms with Crippen molar-refractivity contribution in [1.29, 1.82) is 0 Å². The summed E-state index contributed by atoms with van der Waals surface area (Å²) < 4.78 is 0. The zero-order valence-electron chi connectivity index (χ0n) is 11.0. The number of nitrogens with one attached hydrogen (secondary N) is 1. The van der Waals surface area contributed by atoms with Crippen LogP contribution in [0.15, 0.2) is 42.7 Å². The van der Waals surface area contributed by atoms with Gasteiger partial charge in [0.15, 0.2) is 11.5 Å². The molecule has 0 aliphatic heterocycles. The molecule has 0 aliphatic carbocycles. The average Bonchev–Trinajstić information content (AvgIpc) is 2.48. The van der Waals surface area contributed by atoms with Gasteiger partial charge in [-0.15, -0.1) is 11.8 Å². The van der Waals surface area contributed by atoms with E-state index < -0.39 is 5.97 Å². The van der Waals surface area contributed by atoms with Crippen molar-refractivity contribution in [2.45, 2.75) is 5.75 Å². The first-order valence-corrected chi connectivity index (χ1v) is 7.28. The van der Waals surface area contributed by atoms with E-state index in [1.165, 1.54) is 24.2 Å². The van der Waals surface area contributed by atoms with E-state index in [9.17, 15) is 9.59 Å². The Bertz CT molecular complexity index is 634. The molecule has 2 N–H and O–H groups in total. The molecule has 108 valence electrons.